The number of benzene rings is 2. The number of fused-ring (bicyclic) bond motifs is 2. The maximum Gasteiger partial charge on any atom is 0.255 e. The quantitative estimate of drug-likeness (QED) is 0.903. The van der Waals surface area contributed by atoms with Crippen LogP contribution in [0.1, 0.15) is 39.9 Å². The molecule has 5 nitrogen and oxygen atoms in total. The summed E-state index contributed by atoms with van der Waals surface area (Å²) < 4.78 is 25.1. The zero-order valence-corrected chi connectivity index (χ0v) is 15.6. The first-order valence-corrected chi connectivity index (χ1v) is 10.8. The lowest BCUT2D eigenvalue weighted by Gasteiger charge is -2.20. The number of nitrogens with zero attached hydrogens (tertiary/aromatic N) is 1. The van der Waals surface area contributed by atoms with Crippen molar-refractivity contribution in [3.8, 4) is 0 Å². The van der Waals surface area contributed by atoms with E-state index in [0.29, 0.717) is 24.2 Å². The molecule has 0 unspecified atom stereocenters. The van der Waals surface area contributed by atoms with Crippen LogP contribution < -0.4 is 9.62 Å². The minimum Gasteiger partial charge on any atom is -0.322 e. The molecule has 0 radical (unpaired) electrons. The monoisotopic (exact) mass is 370 g/mol. The third-order valence-electron chi connectivity index (χ3n) is 5.24. The molecule has 4 rings (SSSR count). The van der Waals surface area contributed by atoms with Gasteiger partial charge in [0.1, 0.15) is 0 Å². The van der Waals surface area contributed by atoms with E-state index in [2.05, 4.69) is 11.4 Å². The number of anilines is 2. The van der Waals surface area contributed by atoms with Crippen LogP contribution in [0.3, 0.4) is 0 Å². The highest BCUT2D eigenvalue weighted by molar-refractivity contribution is 7.92. The Bertz CT molecular complexity index is 983. The second-order valence-corrected chi connectivity index (χ2v) is 8.94. The summed E-state index contributed by atoms with van der Waals surface area (Å²) >= 11 is 0. The molecule has 0 saturated carbocycles. The van der Waals surface area contributed by atoms with Crippen LogP contribution in [-0.2, 0) is 29.3 Å². The minimum absolute atomic E-state index is 0.149. The molecule has 1 aliphatic carbocycles. The van der Waals surface area contributed by atoms with Crippen molar-refractivity contribution in [2.75, 3.05) is 22.4 Å². The van der Waals surface area contributed by atoms with Gasteiger partial charge in [0.05, 0.1) is 11.9 Å². The molecule has 26 heavy (non-hydrogen) atoms. The zero-order chi connectivity index (χ0) is 18.3. The highest BCUT2D eigenvalue weighted by atomic mass is 32.2. The Kier molecular flexibility index (Phi) is 4.23. The molecule has 0 spiro atoms. The second-order valence-electron chi connectivity index (χ2n) is 7.03. The van der Waals surface area contributed by atoms with E-state index in [-0.39, 0.29) is 5.91 Å². The topological polar surface area (TPSA) is 66.5 Å². The molecule has 1 N–H and O–H groups in total. The van der Waals surface area contributed by atoms with Crippen molar-refractivity contribution < 1.29 is 13.2 Å². The van der Waals surface area contributed by atoms with Crippen molar-refractivity contribution >= 4 is 27.3 Å². The third-order valence-corrected chi connectivity index (χ3v) is 6.42. The largest absolute Gasteiger partial charge is 0.322 e. The molecule has 0 atom stereocenters. The van der Waals surface area contributed by atoms with Crippen LogP contribution >= 0.6 is 0 Å². The molecule has 1 heterocycles. The van der Waals surface area contributed by atoms with Gasteiger partial charge in [-0.15, -0.1) is 0 Å². The van der Waals surface area contributed by atoms with Crippen molar-refractivity contribution in [2.24, 2.45) is 0 Å². The number of carbonyl (C=O) groups excluding carboxylic acids is 1. The summed E-state index contributed by atoms with van der Waals surface area (Å²) in [4.78, 5) is 12.7. The van der Waals surface area contributed by atoms with Gasteiger partial charge in [0.15, 0.2) is 0 Å². The highest BCUT2D eigenvalue weighted by Gasteiger charge is 2.27. The molecule has 0 aromatic heterocycles. The average Bonchev–Trinajstić information content (AvgIpc) is 3.05. The number of aryl methyl sites for hydroxylation is 1. The van der Waals surface area contributed by atoms with Gasteiger partial charge in [-0.25, -0.2) is 8.42 Å². The second kappa shape index (κ2) is 6.43. The molecule has 2 aromatic carbocycles. The van der Waals surface area contributed by atoms with Gasteiger partial charge in [-0.05, 0) is 73.1 Å². The third kappa shape index (κ3) is 3.09. The van der Waals surface area contributed by atoms with E-state index in [4.69, 9.17) is 0 Å². The van der Waals surface area contributed by atoms with E-state index in [0.717, 1.165) is 30.5 Å². The molecular formula is C20H22N2O3S. The standard InChI is InChI=1S/C20H22N2O3S/c1-26(24,25)22-12-11-15-13-16(9-10-19(15)22)20(23)21-18-8-4-6-14-5-2-3-7-17(14)18/h4,6,8-10,13H,2-3,5,7,11-12H2,1H3,(H,21,23). The lowest BCUT2D eigenvalue weighted by Crippen LogP contribution is -2.27. The average molecular weight is 370 g/mol. The fourth-order valence-electron chi connectivity index (χ4n) is 3.95. The van der Waals surface area contributed by atoms with Crippen molar-refractivity contribution in [3.05, 3.63) is 58.7 Å². The van der Waals surface area contributed by atoms with Gasteiger partial charge in [0, 0.05) is 17.8 Å². The summed E-state index contributed by atoms with van der Waals surface area (Å²) in [6, 6.07) is 11.3. The number of hydrogen-bond acceptors (Lipinski definition) is 3. The number of rotatable bonds is 3. The van der Waals surface area contributed by atoms with E-state index in [1.807, 2.05) is 18.2 Å². The summed E-state index contributed by atoms with van der Waals surface area (Å²) in [6.45, 7) is 0.436. The first-order valence-electron chi connectivity index (χ1n) is 8.96. The summed E-state index contributed by atoms with van der Waals surface area (Å²) in [6.07, 6.45) is 6.26. The number of sulfonamides is 1. The predicted molar refractivity (Wildman–Crippen MR) is 103 cm³/mol. The fourth-order valence-corrected chi connectivity index (χ4v) is 4.91. The van der Waals surface area contributed by atoms with Crippen LogP contribution in [0.2, 0.25) is 0 Å². The first-order chi connectivity index (χ1) is 12.4. The maximum atomic E-state index is 12.7. The van der Waals surface area contributed by atoms with Gasteiger partial charge in [0.25, 0.3) is 5.91 Å². The van der Waals surface area contributed by atoms with E-state index in [1.54, 1.807) is 12.1 Å². The van der Waals surface area contributed by atoms with Crippen molar-refractivity contribution in [1.29, 1.82) is 0 Å². The first kappa shape index (κ1) is 17.1. The molecule has 0 bridgehead atoms. The van der Waals surface area contributed by atoms with Crippen LogP contribution in [0.5, 0.6) is 0 Å². The Morgan fingerprint density at radius 1 is 1.04 bits per heavy atom. The SMILES string of the molecule is CS(=O)(=O)N1CCc2cc(C(=O)Nc3cccc4c3CCCC4)ccc21. The van der Waals surface area contributed by atoms with Crippen LogP contribution in [0.4, 0.5) is 11.4 Å². The Morgan fingerprint density at radius 3 is 2.65 bits per heavy atom. The Labute approximate surface area is 154 Å². The summed E-state index contributed by atoms with van der Waals surface area (Å²) in [5.74, 6) is -0.149. The van der Waals surface area contributed by atoms with Gasteiger partial charge in [0.2, 0.25) is 10.0 Å². The number of amides is 1. The molecular weight excluding hydrogens is 348 g/mol. The fraction of sp³-hybridized carbons (Fsp3) is 0.350. The van der Waals surface area contributed by atoms with E-state index in [1.165, 1.54) is 28.1 Å². The van der Waals surface area contributed by atoms with Crippen molar-refractivity contribution in [2.45, 2.75) is 32.1 Å². The molecule has 136 valence electrons. The lowest BCUT2D eigenvalue weighted by molar-refractivity contribution is 0.102. The summed E-state index contributed by atoms with van der Waals surface area (Å²) in [5.41, 5.74) is 5.61. The summed E-state index contributed by atoms with van der Waals surface area (Å²) in [5, 5.41) is 3.05. The zero-order valence-electron chi connectivity index (χ0n) is 14.8. The van der Waals surface area contributed by atoms with E-state index in [9.17, 15) is 13.2 Å². The maximum absolute atomic E-state index is 12.7. The van der Waals surface area contributed by atoms with Crippen LogP contribution in [0.25, 0.3) is 0 Å². The Hall–Kier alpha value is -2.34. The number of carbonyl (C=O) groups is 1. The van der Waals surface area contributed by atoms with Gasteiger partial charge >= 0.3 is 0 Å². The normalized spacial score (nSPS) is 16.1. The molecule has 1 amide bonds. The number of nitrogens with one attached hydrogen (secondary N) is 1. The lowest BCUT2D eigenvalue weighted by atomic mass is 9.90. The molecule has 6 heteroatoms. The van der Waals surface area contributed by atoms with Crippen molar-refractivity contribution in [3.63, 3.8) is 0 Å². The predicted octanol–water partition coefficient (Wildman–Crippen LogP) is 3.14. The molecule has 0 saturated heterocycles. The van der Waals surface area contributed by atoms with Crippen LogP contribution in [0.15, 0.2) is 36.4 Å². The van der Waals surface area contributed by atoms with Crippen LogP contribution in [0, 0.1) is 0 Å². The molecule has 2 aliphatic rings. The van der Waals surface area contributed by atoms with Gasteiger partial charge in [-0.1, -0.05) is 12.1 Å². The van der Waals surface area contributed by atoms with E-state index >= 15 is 0 Å². The van der Waals surface area contributed by atoms with Gasteiger partial charge in [-0.2, -0.15) is 0 Å². The number of hydrogen-bond donors (Lipinski definition) is 1. The van der Waals surface area contributed by atoms with Gasteiger partial charge in [-0.3, -0.25) is 9.10 Å². The van der Waals surface area contributed by atoms with Crippen LogP contribution in [-0.4, -0.2) is 27.1 Å². The molecule has 2 aromatic rings. The highest BCUT2D eigenvalue weighted by Crippen LogP contribution is 2.32. The van der Waals surface area contributed by atoms with Crippen molar-refractivity contribution in [1.82, 2.24) is 0 Å². The minimum atomic E-state index is -3.28. The summed E-state index contributed by atoms with van der Waals surface area (Å²) in [7, 11) is -3.28. The van der Waals surface area contributed by atoms with E-state index < -0.39 is 10.0 Å². The Morgan fingerprint density at radius 2 is 1.85 bits per heavy atom. The smallest absolute Gasteiger partial charge is 0.255 e. The van der Waals surface area contributed by atoms with Gasteiger partial charge < -0.3 is 5.32 Å². The molecule has 1 aliphatic heterocycles. The Balaban J connectivity index is 1.59. The molecule has 0 fully saturated rings.